The number of hydrogen-bond acceptors (Lipinski definition) is 7. The molecule has 0 fully saturated rings. The smallest absolute Gasteiger partial charge is 0.293 e. The Balaban J connectivity index is 1.95. The Morgan fingerprint density at radius 1 is 1.10 bits per heavy atom. The van der Waals surface area contributed by atoms with Gasteiger partial charge in [0.15, 0.2) is 6.10 Å². The lowest BCUT2D eigenvalue weighted by molar-refractivity contribution is -0.384. The van der Waals surface area contributed by atoms with E-state index in [2.05, 4.69) is 10.9 Å². The molecular formula is C20H24N4O6. The first-order valence-electron chi connectivity index (χ1n) is 9.18. The Labute approximate surface area is 173 Å². The van der Waals surface area contributed by atoms with Gasteiger partial charge in [0.2, 0.25) is 0 Å². The monoisotopic (exact) mass is 416 g/mol. The zero-order valence-corrected chi connectivity index (χ0v) is 17.2. The van der Waals surface area contributed by atoms with E-state index in [0.29, 0.717) is 23.8 Å². The number of ether oxygens (including phenoxy) is 2. The molecule has 2 amide bonds. The SMILES string of the molecule is CCOc1ccc(OC(C)C(=O)NNC(=O)c2ccc(N(C)C)c([N+](=O)[O-])c2)cc1. The fourth-order valence-corrected chi connectivity index (χ4v) is 2.52. The molecule has 0 aliphatic rings. The molecule has 2 aromatic carbocycles. The van der Waals surface area contributed by atoms with Crippen molar-refractivity contribution in [2.75, 3.05) is 25.6 Å². The van der Waals surface area contributed by atoms with Crippen LogP contribution in [-0.4, -0.2) is 43.5 Å². The molecule has 160 valence electrons. The summed E-state index contributed by atoms with van der Waals surface area (Å²) in [5.41, 5.74) is 4.66. The number of carbonyl (C=O) groups excluding carboxylic acids is 2. The van der Waals surface area contributed by atoms with Gasteiger partial charge in [-0.1, -0.05) is 0 Å². The largest absolute Gasteiger partial charge is 0.494 e. The van der Waals surface area contributed by atoms with Crippen molar-refractivity contribution in [1.82, 2.24) is 10.9 Å². The molecule has 0 aliphatic carbocycles. The summed E-state index contributed by atoms with van der Waals surface area (Å²) in [5.74, 6) is -0.132. The number of benzene rings is 2. The van der Waals surface area contributed by atoms with Crippen LogP contribution >= 0.6 is 0 Å². The van der Waals surface area contributed by atoms with Crippen LogP contribution in [0, 0.1) is 10.1 Å². The van der Waals surface area contributed by atoms with Gasteiger partial charge in [-0.15, -0.1) is 0 Å². The van der Waals surface area contributed by atoms with Crippen LogP contribution in [0.25, 0.3) is 0 Å². The summed E-state index contributed by atoms with van der Waals surface area (Å²) in [4.78, 5) is 36.7. The second-order valence-electron chi connectivity index (χ2n) is 6.46. The molecule has 10 heteroatoms. The molecule has 2 rings (SSSR count). The van der Waals surface area contributed by atoms with E-state index in [1.54, 1.807) is 43.3 Å². The third kappa shape index (κ3) is 5.84. The summed E-state index contributed by atoms with van der Waals surface area (Å²) >= 11 is 0. The summed E-state index contributed by atoms with van der Waals surface area (Å²) in [6.07, 6.45) is -0.895. The van der Waals surface area contributed by atoms with Crippen molar-refractivity contribution in [3.8, 4) is 11.5 Å². The van der Waals surface area contributed by atoms with Gasteiger partial charge in [0.25, 0.3) is 17.5 Å². The second-order valence-corrected chi connectivity index (χ2v) is 6.46. The maximum absolute atomic E-state index is 12.3. The van der Waals surface area contributed by atoms with Crippen LogP contribution in [-0.2, 0) is 4.79 Å². The van der Waals surface area contributed by atoms with Gasteiger partial charge in [-0.05, 0) is 50.2 Å². The highest BCUT2D eigenvalue weighted by Crippen LogP contribution is 2.27. The Morgan fingerprint density at radius 2 is 1.73 bits per heavy atom. The van der Waals surface area contributed by atoms with Gasteiger partial charge in [0.1, 0.15) is 17.2 Å². The lowest BCUT2D eigenvalue weighted by atomic mass is 10.1. The topological polar surface area (TPSA) is 123 Å². The van der Waals surface area contributed by atoms with Crippen molar-refractivity contribution < 1.29 is 24.0 Å². The van der Waals surface area contributed by atoms with E-state index in [1.165, 1.54) is 19.1 Å². The molecule has 2 aromatic rings. The number of hydrazine groups is 1. The van der Waals surface area contributed by atoms with Crippen LogP contribution in [0.1, 0.15) is 24.2 Å². The minimum Gasteiger partial charge on any atom is -0.494 e. The highest BCUT2D eigenvalue weighted by atomic mass is 16.6. The molecule has 2 N–H and O–H groups in total. The summed E-state index contributed by atoms with van der Waals surface area (Å²) in [6, 6.07) is 10.8. The molecule has 0 saturated carbocycles. The van der Waals surface area contributed by atoms with Crippen molar-refractivity contribution in [3.63, 3.8) is 0 Å². The van der Waals surface area contributed by atoms with Crippen LogP contribution in [0.5, 0.6) is 11.5 Å². The Morgan fingerprint density at radius 3 is 2.30 bits per heavy atom. The van der Waals surface area contributed by atoms with Crippen LogP contribution in [0.15, 0.2) is 42.5 Å². The number of rotatable bonds is 8. The van der Waals surface area contributed by atoms with E-state index in [0.717, 1.165) is 6.07 Å². The van der Waals surface area contributed by atoms with Crippen molar-refractivity contribution in [2.24, 2.45) is 0 Å². The second kappa shape index (κ2) is 10.1. The Kier molecular flexibility index (Phi) is 7.56. The first kappa shape index (κ1) is 22.5. The zero-order valence-electron chi connectivity index (χ0n) is 17.2. The van der Waals surface area contributed by atoms with Crippen molar-refractivity contribution in [3.05, 3.63) is 58.1 Å². The predicted octanol–water partition coefficient (Wildman–Crippen LogP) is 2.29. The molecule has 0 aliphatic heterocycles. The fraction of sp³-hybridized carbons (Fsp3) is 0.300. The molecule has 0 aromatic heterocycles. The summed E-state index contributed by atoms with van der Waals surface area (Å²) in [6.45, 7) is 3.94. The number of nitro benzene ring substituents is 1. The van der Waals surface area contributed by atoms with E-state index in [-0.39, 0.29) is 11.3 Å². The molecular weight excluding hydrogens is 392 g/mol. The average molecular weight is 416 g/mol. The quantitative estimate of drug-likeness (QED) is 0.500. The Bertz CT molecular complexity index is 914. The summed E-state index contributed by atoms with van der Waals surface area (Å²) in [5, 5.41) is 11.2. The number of anilines is 1. The fourth-order valence-electron chi connectivity index (χ4n) is 2.52. The van der Waals surface area contributed by atoms with Crippen LogP contribution < -0.4 is 25.2 Å². The van der Waals surface area contributed by atoms with Crippen molar-refractivity contribution in [1.29, 1.82) is 0 Å². The van der Waals surface area contributed by atoms with Crippen molar-refractivity contribution in [2.45, 2.75) is 20.0 Å². The number of carbonyl (C=O) groups is 2. The minimum atomic E-state index is -0.895. The maximum Gasteiger partial charge on any atom is 0.293 e. The number of nitrogens with one attached hydrogen (secondary N) is 2. The highest BCUT2D eigenvalue weighted by Gasteiger charge is 2.20. The van der Waals surface area contributed by atoms with E-state index in [1.807, 2.05) is 6.92 Å². The maximum atomic E-state index is 12.3. The average Bonchev–Trinajstić information content (AvgIpc) is 2.72. The van der Waals surface area contributed by atoms with Gasteiger partial charge in [-0.3, -0.25) is 30.6 Å². The molecule has 0 spiro atoms. The molecule has 0 saturated heterocycles. The van der Waals surface area contributed by atoms with Gasteiger partial charge < -0.3 is 14.4 Å². The third-order valence-electron chi connectivity index (χ3n) is 4.03. The molecule has 0 bridgehead atoms. The predicted molar refractivity (Wildman–Crippen MR) is 111 cm³/mol. The molecule has 0 heterocycles. The Hall–Kier alpha value is -3.82. The number of amides is 2. The number of hydrogen-bond donors (Lipinski definition) is 2. The number of nitrogens with zero attached hydrogens (tertiary/aromatic N) is 2. The van der Waals surface area contributed by atoms with Gasteiger partial charge in [0, 0.05) is 25.7 Å². The molecule has 1 unspecified atom stereocenters. The van der Waals surface area contributed by atoms with Gasteiger partial charge in [-0.2, -0.15) is 0 Å². The lowest BCUT2D eigenvalue weighted by Gasteiger charge is -2.16. The van der Waals surface area contributed by atoms with E-state index in [9.17, 15) is 19.7 Å². The van der Waals surface area contributed by atoms with Crippen LogP contribution in [0.4, 0.5) is 11.4 Å². The molecule has 30 heavy (non-hydrogen) atoms. The lowest BCUT2D eigenvalue weighted by Crippen LogP contribution is -2.47. The van der Waals surface area contributed by atoms with Gasteiger partial charge >= 0.3 is 0 Å². The zero-order chi connectivity index (χ0) is 22.3. The van der Waals surface area contributed by atoms with Crippen molar-refractivity contribution >= 4 is 23.2 Å². The molecule has 0 radical (unpaired) electrons. The van der Waals surface area contributed by atoms with Gasteiger partial charge in [0.05, 0.1) is 11.5 Å². The minimum absolute atomic E-state index is 0.0349. The summed E-state index contributed by atoms with van der Waals surface area (Å²) < 4.78 is 10.9. The van der Waals surface area contributed by atoms with E-state index in [4.69, 9.17) is 9.47 Å². The number of nitro groups is 1. The normalized spacial score (nSPS) is 11.2. The van der Waals surface area contributed by atoms with Crippen LogP contribution in [0.2, 0.25) is 0 Å². The standard InChI is InChI=1S/C20H24N4O6/c1-5-29-15-7-9-16(10-8-15)30-13(2)19(25)21-22-20(26)14-6-11-17(23(3)4)18(12-14)24(27)28/h6-13H,5H2,1-4H3,(H,21,25)(H,22,26). The third-order valence-corrected chi connectivity index (χ3v) is 4.03. The van der Waals surface area contributed by atoms with E-state index < -0.39 is 22.8 Å². The molecule has 1 atom stereocenters. The summed E-state index contributed by atoms with van der Waals surface area (Å²) in [7, 11) is 3.32. The van der Waals surface area contributed by atoms with E-state index >= 15 is 0 Å². The van der Waals surface area contributed by atoms with Gasteiger partial charge in [-0.25, -0.2) is 0 Å². The first-order chi connectivity index (χ1) is 14.2. The first-order valence-corrected chi connectivity index (χ1v) is 9.18. The molecule has 10 nitrogen and oxygen atoms in total. The van der Waals surface area contributed by atoms with Crippen LogP contribution in [0.3, 0.4) is 0 Å². The highest BCUT2D eigenvalue weighted by molar-refractivity contribution is 5.97.